The van der Waals surface area contributed by atoms with Gasteiger partial charge in [0.05, 0.1) is 0 Å². The number of nitrogens with two attached hydrogens (primary N) is 1. The van der Waals surface area contributed by atoms with Crippen molar-refractivity contribution in [2.75, 3.05) is 19.8 Å². The zero-order chi connectivity index (χ0) is 15.1. The van der Waals surface area contributed by atoms with Crippen LogP contribution in [0.15, 0.2) is 0 Å². The summed E-state index contributed by atoms with van der Waals surface area (Å²) < 4.78 is 16.9. The fourth-order valence-electron chi connectivity index (χ4n) is 1.55. The fraction of sp³-hybridized carbons (Fsp3) is 0.923. The lowest BCUT2D eigenvalue weighted by Crippen LogP contribution is -2.45. The number of hydrogen-bond donors (Lipinski definition) is 1. The van der Waals surface area contributed by atoms with Gasteiger partial charge >= 0.3 is 8.80 Å². The molecule has 0 rings (SSSR count). The molecule has 1 amide bonds. The average Bonchev–Trinajstić information content (AvgIpc) is 2.31. The molecular formula is C13H31NO4Si. The normalized spacial score (nSPS) is 10.8. The highest BCUT2D eigenvalue weighted by atomic mass is 28.4. The first-order chi connectivity index (χ1) is 9.01. The Balaban J connectivity index is 0. The molecule has 0 aromatic heterocycles. The summed E-state index contributed by atoms with van der Waals surface area (Å²) in [5.41, 5.74) is 4.76. The molecule has 5 nitrogen and oxygen atoms in total. The van der Waals surface area contributed by atoms with Crippen molar-refractivity contribution in [2.45, 2.75) is 59.9 Å². The fourth-order valence-corrected chi connectivity index (χ4v) is 4.17. The Morgan fingerprint density at radius 2 is 1.32 bits per heavy atom. The lowest BCUT2D eigenvalue weighted by atomic mass is 10.3. The maximum atomic E-state index is 9.82. The third-order valence-corrected chi connectivity index (χ3v) is 5.44. The van der Waals surface area contributed by atoms with E-state index in [0.29, 0.717) is 26.2 Å². The first-order valence-electron chi connectivity index (χ1n) is 7.21. The van der Waals surface area contributed by atoms with E-state index < -0.39 is 8.80 Å². The van der Waals surface area contributed by atoms with Gasteiger partial charge in [0.2, 0.25) is 5.91 Å². The third kappa shape index (κ3) is 12.3. The van der Waals surface area contributed by atoms with E-state index in [0.717, 1.165) is 18.9 Å². The quantitative estimate of drug-likeness (QED) is 0.629. The lowest BCUT2D eigenvalue weighted by Gasteiger charge is -2.27. The zero-order valence-electron chi connectivity index (χ0n) is 13.2. The van der Waals surface area contributed by atoms with Crippen LogP contribution in [0.5, 0.6) is 0 Å². The van der Waals surface area contributed by atoms with Gasteiger partial charge in [-0.3, -0.25) is 4.79 Å². The standard InChI is InChI=1S/C9H22O3Si.C4H9NO/c1-5-9-13(10-6-2,11-7-3)12-8-4;1-2-3-4(5)6/h5-9H2,1-4H3;2-3H2,1H3,(H2,5,6). The summed E-state index contributed by atoms with van der Waals surface area (Å²) in [5.74, 6) is -0.211. The second-order valence-electron chi connectivity index (χ2n) is 3.95. The molecule has 0 heterocycles. The van der Waals surface area contributed by atoms with Crippen LogP contribution in [0, 0.1) is 0 Å². The molecule has 19 heavy (non-hydrogen) atoms. The Bertz CT molecular complexity index is 185. The molecule has 0 radical (unpaired) electrons. The van der Waals surface area contributed by atoms with E-state index >= 15 is 0 Å². The van der Waals surface area contributed by atoms with Crippen LogP contribution in [0.2, 0.25) is 6.04 Å². The highest BCUT2D eigenvalue weighted by Crippen LogP contribution is 2.17. The van der Waals surface area contributed by atoms with Gasteiger partial charge in [0, 0.05) is 32.3 Å². The smallest absolute Gasteiger partial charge is 0.374 e. The van der Waals surface area contributed by atoms with Gasteiger partial charge in [0.25, 0.3) is 0 Å². The zero-order valence-corrected chi connectivity index (χ0v) is 14.2. The van der Waals surface area contributed by atoms with Gasteiger partial charge in [0.15, 0.2) is 0 Å². The molecule has 116 valence electrons. The topological polar surface area (TPSA) is 70.8 Å². The third-order valence-electron chi connectivity index (χ3n) is 2.15. The largest absolute Gasteiger partial charge is 0.500 e. The molecule has 2 N–H and O–H groups in total. The number of primary amides is 1. The van der Waals surface area contributed by atoms with Crippen molar-refractivity contribution in [1.29, 1.82) is 0 Å². The van der Waals surface area contributed by atoms with Gasteiger partial charge in [-0.1, -0.05) is 20.3 Å². The van der Waals surface area contributed by atoms with E-state index in [1.165, 1.54) is 0 Å². The number of hydrogen-bond acceptors (Lipinski definition) is 4. The minimum absolute atomic E-state index is 0.211. The van der Waals surface area contributed by atoms with Crippen LogP contribution in [0.4, 0.5) is 0 Å². The van der Waals surface area contributed by atoms with E-state index in [1.807, 2.05) is 27.7 Å². The second-order valence-corrected chi connectivity index (χ2v) is 6.68. The van der Waals surface area contributed by atoms with Crippen molar-refractivity contribution >= 4 is 14.7 Å². The Labute approximate surface area is 119 Å². The molecule has 0 aromatic carbocycles. The summed E-state index contributed by atoms with van der Waals surface area (Å²) >= 11 is 0. The molecule has 0 atom stereocenters. The van der Waals surface area contributed by atoms with E-state index in [4.69, 9.17) is 19.0 Å². The van der Waals surface area contributed by atoms with Gasteiger partial charge in [-0.25, -0.2) is 0 Å². The highest BCUT2D eigenvalue weighted by Gasteiger charge is 2.38. The molecule has 0 aliphatic heterocycles. The molecule has 0 spiro atoms. The van der Waals surface area contributed by atoms with E-state index in [1.54, 1.807) is 0 Å². The Morgan fingerprint density at radius 1 is 0.895 bits per heavy atom. The van der Waals surface area contributed by atoms with Gasteiger partial charge < -0.3 is 19.0 Å². The Morgan fingerprint density at radius 3 is 1.47 bits per heavy atom. The number of amides is 1. The van der Waals surface area contributed by atoms with Crippen LogP contribution in [0.1, 0.15) is 53.9 Å². The van der Waals surface area contributed by atoms with E-state index in [9.17, 15) is 4.79 Å². The van der Waals surface area contributed by atoms with Crippen molar-refractivity contribution < 1.29 is 18.1 Å². The van der Waals surface area contributed by atoms with Crippen molar-refractivity contribution in [3.8, 4) is 0 Å². The monoisotopic (exact) mass is 293 g/mol. The van der Waals surface area contributed by atoms with Gasteiger partial charge in [-0.2, -0.15) is 0 Å². The van der Waals surface area contributed by atoms with E-state index in [2.05, 4.69) is 6.92 Å². The predicted molar refractivity (Wildman–Crippen MR) is 79.8 cm³/mol. The summed E-state index contributed by atoms with van der Waals surface area (Å²) in [6.45, 7) is 12.0. The molecule has 0 unspecified atom stereocenters. The van der Waals surface area contributed by atoms with Crippen molar-refractivity contribution in [2.24, 2.45) is 5.73 Å². The molecule has 0 saturated carbocycles. The predicted octanol–water partition coefficient (Wildman–Crippen LogP) is 2.72. The Kier molecular flexibility index (Phi) is 15.4. The number of carbonyl (C=O) groups is 1. The molecule has 0 aliphatic carbocycles. The molecule has 0 aliphatic rings. The van der Waals surface area contributed by atoms with Crippen LogP contribution < -0.4 is 5.73 Å². The summed E-state index contributed by atoms with van der Waals surface area (Å²) in [6.07, 6.45) is 2.42. The van der Waals surface area contributed by atoms with Crippen LogP contribution in [-0.2, 0) is 18.1 Å². The van der Waals surface area contributed by atoms with Crippen LogP contribution in [0.3, 0.4) is 0 Å². The van der Waals surface area contributed by atoms with Gasteiger partial charge in [-0.05, 0) is 27.2 Å². The lowest BCUT2D eigenvalue weighted by molar-refractivity contribution is -0.118. The second kappa shape index (κ2) is 14.0. The number of rotatable bonds is 10. The van der Waals surface area contributed by atoms with Gasteiger partial charge in [-0.15, -0.1) is 0 Å². The maximum absolute atomic E-state index is 9.82. The summed E-state index contributed by atoms with van der Waals surface area (Å²) in [4.78, 5) is 9.82. The minimum atomic E-state index is -2.30. The summed E-state index contributed by atoms with van der Waals surface area (Å²) in [6, 6.07) is 0.919. The van der Waals surface area contributed by atoms with Crippen LogP contribution >= 0.6 is 0 Å². The molecule has 0 fully saturated rings. The van der Waals surface area contributed by atoms with Gasteiger partial charge in [0.1, 0.15) is 0 Å². The maximum Gasteiger partial charge on any atom is 0.500 e. The Hall–Kier alpha value is -0.433. The molecule has 0 bridgehead atoms. The molecule has 0 aromatic rings. The number of carbonyl (C=O) groups excluding carboxylic acids is 1. The average molecular weight is 293 g/mol. The van der Waals surface area contributed by atoms with Crippen LogP contribution in [0.25, 0.3) is 0 Å². The van der Waals surface area contributed by atoms with Crippen molar-refractivity contribution in [1.82, 2.24) is 0 Å². The highest BCUT2D eigenvalue weighted by molar-refractivity contribution is 6.60. The molecule has 6 heteroatoms. The summed E-state index contributed by atoms with van der Waals surface area (Å²) in [5, 5.41) is 0. The van der Waals surface area contributed by atoms with Crippen LogP contribution in [-0.4, -0.2) is 34.5 Å². The first-order valence-corrected chi connectivity index (χ1v) is 9.15. The van der Waals surface area contributed by atoms with Crippen molar-refractivity contribution in [3.05, 3.63) is 0 Å². The minimum Gasteiger partial charge on any atom is -0.374 e. The molecule has 0 saturated heterocycles. The summed E-state index contributed by atoms with van der Waals surface area (Å²) in [7, 11) is -2.30. The molecular weight excluding hydrogens is 262 g/mol. The SMILES string of the molecule is CCCC(N)=O.CCC[Si](OCC)(OCC)OCC. The van der Waals surface area contributed by atoms with E-state index in [-0.39, 0.29) is 5.91 Å². The van der Waals surface area contributed by atoms with Crippen molar-refractivity contribution in [3.63, 3.8) is 0 Å². The first kappa shape index (κ1) is 20.9.